The Morgan fingerprint density at radius 2 is 2.06 bits per heavy atom. The van der Waals surface area contributed by atoms with Crippen LogP contribution in [0.5, 0.6) is 0 Å². The summed E-state index contributed by atoms with van der Waals surface area (Å²) >= 11 is 6.26. The quantitative estimate of drug-likeness (QED) is 0.554. The molecule has 1 saturated heterocycles. The van der Waals surface area contributed by atoms with Crippen molar-refractivity contribution in [3.8, 4) is 0 Å². The van der Waals surface area contributed by atoms with Crippen LogP contribution in [0.3, 0.4) is 0 Å². The maximum atomic E-state index is 12.9. The van der Waals surface area contributed by atoms with Crippen molar-refractivity contribution >= 4 is 17.5 Å². The van der Waals surface area contributed by atoms with Crippen molar-refractivity contribution in [2.24, 2.45) is 0 Å². The third kappa shape index (κ3) is 5.71. The smallest absolute Gasteiger partial charge is 0.236 e. The van der Waals surface area contributed by atoms with Crippen molar-refractivity contribution in [1.82, 2.24) is 19.8 Å². The second-order valence-electron chi connectivity index (χ2n) is 8.11. The van der Waals surface area contributed by atoms with E-state index in [0.717, 1.165) is 41.4 Å². The van der Waals surface area contributed by atoms with Gasteiger partial charge in [-0.3, -0.25) is 14.7 Å². The third-order valence-electron chi connectivity index (χ3n) is 5.58. The first-order valence-corrected chi connectivity index (χ1v) is 11.0. The molecule has 0 saturated carbocycles. The summed E-state index contributed by atoms with van der Waals surface area (Å²) in [5.74, 6) is 1.76. The van der Waals surface area contributed by atoms with Gasteiger partial charge in [0.05, 0.1) is 24.4 Å². The van der Waals surface area contributed by atoms with Crippen molar-refractivity contribution in [3.63, 3.8) is 0 Å². The van der Waals surface area contributed by atoms with Crippen LogP contribution in [-0.2, 0) is 17.8 Å². The van der Waals surface area contributed by atoms with E-state index in [1.54, 1.807) is 12.4 Å². The van der Waals surface area contributed by atoms with E-state index in [1.165, 1.54) is 0 Å². The Bertz CT molecular complexity index is 1010. The summed E-state index contributed by atoms with van der Waals surface area (Å²) in [6, 6.07) is 13.6. The summed E-state index contributed by atoms with van der Waals surface area (Å²) < 4.78 is 6.04. The van der Waals surface area contributed by atoms with Crippen LogP contribution in [0.1, 0.15) is 41.7 Å². The molecule has 6 nitrogen and oxygen atoms in total. The van der Waals surface area contributed by atoms with E-state index in [2.05, 4.69) is 9.97 Å². The maximum absolute atomic E-state index is 12.9. The Kier molecular flexibility index (Phi) is 6.99. The van der Waals surface area contributed by atoms with Gasteiger partial charge in [0.1, 0.15) is 5.76 Å². The number of benzene rings is 1. The number of likely N-dealkylation sites (N-methyl/N-ethyl adjacent to an activating group) is 1. The number of hydrogen-bond acceptors (Lipinski definition) is 5. The molecular weight excluding hydrogens is 412 g/mol. The lowest BCUT2D eigenvalue weighted by atomic mass is 9.98. The number of oxazole rings is 1. The predicted molar refractivity (Wildman–Crippen MR) is 120 cm³/mol. The number of likely N-dealkylation sites (tertiary alicyclic amines) is 1. The molecule has 0 N–H and O–H groups in total. The summed E-state index contributed by atoms with van der Waals surface area (Å²) in [5, 5.41) is 0.727. The zero-order valence-electron chi connectivity index (χ0n) is 17.7. The summed E-state index contributed by atoms with van der Waals surface area (Å²) in [7, 11) is 1.95. The molecule has 0 aliphatic carbocycles. The van der Waals surface area contributed by atoms with E-state index in [9.17, 15) is 4.79 Å². The zero-order valence-corrected chi connectivity index (χ0v) is 18.5. The molecule has 1 aromatic carbocycles. The number of halogens is 1. The molecule has 0 radical (unpaired) electrons. The van der Waals surface area contributed by atoms with E-state index < -0.39 is 0 Å². The fraction of sp³-hybridized carbons (Fsp3) is 0.375. The first-order valence-electron chi connectivity index (χ1n) is 10.6. The fourth-order valence-electron chi connectivity index (χ4n) is 3.98. The number of hydrogen-bond donors (Lipinski definition) is 0. The first kappa shape index (κ1) is 21.5. The first-order chi connectivity index (χ1) is 15.1. The second kappa shape index (κ2) is 10.1. The Hall–Kier alpha value is -2.70. The van der Waals surface area contributed by atoms with Gasteiger partial charge in [-0.1, -0.05) is 35.9 Å². The van der Waals surface area contributed by atoms with Crippen LogP contribution in [0.2, 0.25) is 5.02 Å². The highest BCUT2D eigenvalue weighted by Gasteiger charge is 2.28. The molecule has 4 rings (SSSR count). The SMILES string of the molecule is CN(CC(=O)N1CCC[C@H](c2ncc(Cc3ccccc3Cl)o2)C1)Cc1ccccn1. The normalized spacial score (nSPS) is 16.6. The number of rotatable bonds is 7. The largest absolute Gasteiger partial charge is 0.445 e. The molecule has 3 heterocycles. The Morgan fingerprint density at radius 1 is 1.23 bits per heavy atom. The van der Waals surface area contributed by atoms with Gasteiger partial charge in [-0.25, -0.2) is 4.98 Å². The Balaban J connectivity index is 1.33. The molecule has 0 unspecified atom stereocenters. The van der Waals surface area contributed by atoms with Crippen molar-refractivity contribution in [2.75, 3.05) is 26.7 Å². The van der Waals surface area contributed by atoms with Gasteiger partial charge in [0.25, 0.3) is 0 Å². The molecule has 1 fully saturated rings. The molecule has 1 aliphatic rings. The number of amides is 1. The van der Waals surface area contributed by atoms with Crippen molar-refractivity contribution in [1.29, 1.82) is 0 Å². The van der Waals surface area contributed by atoms with E-state index in [0.29, 0.717) is 31.9 Å². The van der Waals surface area contributed by atoms with Crippen LogP contribution in [0, 0.1) is 0 Å². The van der Waals surface area contributed by atoms with Crippen LogP contribution < -0.4 is 0 Å². The maximum Gasteiger partial charge on any atom is 0.236 e. The van der Waals surface area contributed by atoms with Gasteiger partial charge in [-0.05, 0) is 43.7 Å². The van der Waals surface area contributed by atoms with Gasteiger partial charge in [0.2, 0.25) is 5.91 Å². The number of carbonyl (C=O) groups excluding carboxylic acids is 1. The lowest BCUT2D eigenvalue weighted by Gasteiger charge is -2.32. The summed E-state index contributed by atoms with van der Waals surface area (Å²) in [6.45, 7) is 2.43. The number of piperidine rings is 1. The Labute approximate surface area is 187 Å². The summed E-state index contributed by atoms with van der Waals surface area (Å²) in [5.41, 5.74) is 1.98. The standard InChI is InChI=1S/C24H27ClN4O2/c1-28(16-20-9-4-5-11-26-20)17-23(30)29-12-6-8-19(15-29)24-27-14-21(31-24)13-18-7-2-3-10-22(18)25/h2-5,7,9-11,14,19H,6,8,12-13,15-17H2,1H3/t19-/m0/s1. The lowest BCUT2D eigenvalue weighted by molar-refractivity contribution is -0.133. The van der Waals surface area contributed by atoms with Gasteiger partial charge >= 0.3 is 0 Å². The van der Waals surface area contributed by atoms with Crippen molar-refractivity contribution in [3.05, 3.63) is 82.8 Å². The lowest BCUT2D eigenvalue weighted by Crippen LogP contribution is -2.43. The summed E-state index contributed by atoms with van der Waals surface area (Å²) in [6.07, 6.45) is 6.08. The highest BCUT2D eigenvalue weighted by molar-refractivity contribution is 6.31. The molecule has 0 bridgehead atoms. The topological polar surface area (TPSA) is 62.5 Å². The van der Waals surface area contributed by atoms with Gasteiger partial charge in [0, 0.05) is 37.3 Å². The highest BCUT2D eigenvalue weighted by atomic mass is 35.5. The third-order valence-corrected chi connectivity index (χ3v) is 5.95. The van der Waals surface area contributed by atoms with Crippen LogP contribution in [-0.4, -0.2) is 52.4 Å². The number of nitrogens with zero attached hydrogens (tertiary/aromatic N) is 4. The van der Waals surface area contributed by atoms with E-state index >= 15 is 0 Å². The fourth-order valence-corrected chi connectivity index (χ4v) is 4.19. The minimum absolute atomic E-state index is 0.124. The zero-order chi connectivity index (χ0) is 21.6. The van der Waals surface area contributed by atoms with Crippen molar-refractivity contribution < 1.29 is 9.21 Å². The van der Waals surface area contributed by atoms with E-state index in [-0.39, 0.29) is 11.8 Å². The highest BCUT2D eigenvalue weighted by Crippen LogP contribution is 2.28. The molecule has 162 valence electrons. The number of aromatic nitrogens is 2. The molecule has 3 aromatic rings. The number of pyridine rings is 1. The van der Waals surface area contributed by atoms with E-state index in [4.69, 9.17) is 16.0 Å². The minimum atomic E-state index is 0.124. The second-order valence-corrected chi connectivity index (χ2v) is 8.51. The monoisotopic (exact) mass is 438 g/mol. The molecule has 1 amide bonds. The predicted octanol–water partition coefficient (Wildman–Crippen LogP) is 4.15. The molecule has 31 heavy (non-hydrogen) atoms. The van der Waals surface area contributed by atoms with Crippen LogP contribution >= 0.6 is 11.6 Å². The molecule has 1 atom stereocenters. The van der Waals surface area contributed by atoms with Crippen LogP contribution in [0.15, 0.2) is 59.3 Å². The van der Waals surface area contributed by atoms with Gasteiger partial charge in [-0.2, -0.15) is 0 Å². The molecule has 1 aliphatic heterocycles. The average Bonchev–Trinajstić information content (AvgIpc) is 3.25. The summed E-state index contributed by atoms with van der Waals surface area (Å²) in [4.78, 5) is 25.6. The number of carbonyl (C=O) groups is 1. The van der Waals surface area contributed by atoms with Crippen LogP contribution in [0.25, 0.3) is 0 Å². The average molecular weight is 439 g/mol. The van der Waals surface area contributed by atoms with E-state index in [1.807, 2.05) is 59.3 Å². The Morgan fingerprint density at radius 3 is 2.87 bits per heavy atom. The van der Waals surface area contributed by atoms with Gasteiger partial charge in [-0.15, -0.1) is 0 Å². The van der Waals surface area contributed by atoms with Gasteiger partial charge in [0.15, 0.2) is 5.89 Å². The van der Waals surface area contributed by atoms with Gasteiger partial charge < -0.3 is 9.32 Å². The molecule has 2 aromatic heterocycles. The minimum Gasteiger partial charge on any atom is -0.445 e. The van der Waals surface area contributed by atoms with Crippen molar-refractivity contribution in [2.45, 2.75) is 31.7 Å². The molecule has 7 heteroatoms. The van der Waals surface area contributed by atoms with Crippen LogP contribution in [0.4, 0.5) is 0 Å². The molecular formula is C24H27ClN4O2. The molecule has 0 spiro atoms.